The molecule has 0 saturated heterocycles. The fraction of sp³-hybridized carbons (Fsp3) is 0.818. The fourth-order valence-electron chi connectivity index (χ4n) is 2.14. The van der Waals surface area contributed by atoms with Crippen LogP contribution in [-0.2, 0) is 4.79 Å². The Kier molecular flexibility index (Phi) is 2.57. The summed E-state index contributed by atoms with van der Waals surface area (Å²) in [5, 5.41) is 6.10. The van der Waals surface area contributed by atoms with Gasteiger partial charge in [0.15, 0.2) is 0 Å². The summed E-state index contributed by atoms with van der Waals surface area (Å²) in [5.41, 5.74) is 1.14. The third-order valence-corrected chi connectivity index (χ3v) is 3.05. The number of nitrogens with zero attached hydrogens (tertiary/aromatic N) is 2. The van der Waals surface area contributed by atoms with Crippen molar-refractivity contribution in [2.24, 2.45) is 16.9 Å². The summed E-state index contributed by atoms with van der Waals surface area (Å²) >= 11 is 0. The second-order valence-electron chi connectivity index (χ2n) is 4.68. The van der Waals surface area contributed by atoms with E-state index >= 15 is 0 Å². The average molecular weight is 194 g/mol. The maximum atomic E-state index is 11.8. The van der Waals surface area contributed by atoms with Gasteiger partial charge in [0.05, 0.1) is 11.6 Å². The fourth-order valence-corrected chi connectivity index (χ4v) is 2.14. The van der Waals surface area contributed by atoms with E-state index in [0.29, 0.717) is 5.92 Å². The lowest BCUT2D eigenvalue weighted by atomic mass is 10.1. The van der Waals surface area contributed by atoms with Gasteiger partial charge in [0.25, 0.3) is 5.91 Å². The molecule has 3 nitrogen and oxygen atoms in total. The van der Waals surface area contributed by atoms with Crippen LogP contribution in [0.2, 0.25) is 0 Å². The van der Waals surface area contributed by atoms with Gasteiger partial charge in [-0.25, -0.2) is 5.01 Å². The van der Waals surface area contributed by atoms with Crippen molar-refractivity contribution in [3.8, 4) is 0 Å². The zero-order chi connectivity index (χ0) is 10.1. The molecule has 1 aliphatic carbocycles. The molecule has 0 bridgehead atoms. The van der Waals surface area contributed by atoms with E-state index in [9.17, 15) is 4.79 Å². The molecule has 1 unspecified atom stereocenters. The maximum Gasteiger partial charge on any atom is 0.251 e. The Labute approximate surface area is 85.2 Å². The highest BCUT2D eigenvalue weighted by molar-refractivity contribution is 6.09. The van der Waals surface area contributed by atoms with E-state index in [1.54, 1.807) is 5.01 Å². The van der Waals surface area contributed by atoms with Crippen molar-refractivity contribution in [2.45, 2.75) is 39.5 Å². The molecule has 3 heteroatoms. The first-order valence-electron chi connectivity index (χ1n) is 5.57. The van der Waals surface area contributed by atoms with Crippen molar-refractivity contribution >= 4 is 11.6 Å². The standard InChI is InChI=1S/C11H18N2O/c1-8(2)6-7-13-11(14)9-4-3-5-10(9)12-13/h8-9H,3-7H2,1-2H3. The smallest absolute Gasteiger partial charge is 0.251 e. The molecule has 0 N–H and O–H groups in total. The molecule has 1 aliphatic heterocycles. The maximum absolute atomic E-state index is 11.8. The van der Waals surface area contributed by atoms with E-state index in [-0.39, 0.29) is 11.8 Å². The van der Waals surface area contributed by atoms with E-state index in [2.05, 4.69) is 18.9 Å². The van der Waals surface area contributed by atoms with Crippen LogP contribution in [0.4, 0.5) is 0 Å². The zero-order valence-corrected chi connectivity index (χ0v) is 8.99. The lowest BCUT2D eigenvalue weighted by molar-refractivity contribution is -0.131. The first-order chi connectivity index (χ1) is 6.68. The Bertz CT molecular complexity index is 270. The van der Waals surface area contributed by atoms with Gasteiger partial charge in [-0.3, -0.25) is 4.79 Å². The largest absolute Gasteiger partial charge is 0.272 e. The SMILES string of the molecule is CC(C)CCN1N=C2CCCC2C1=O. The normalized spacial score (nSPS) is 25.9. The van der Waals surface area contributed by atoms with Crippen LogP contribution in [0.3, 0.4) is 0 Å². The van der Waals surface area contributed by atoms with Crippen LogP contribution >= 0.6 is 0 Å². The van der Waals surface area contributed by atoms with Crippen LogP contribution in [0.15, 0.2) is 5.10 Å². The van der Waals surface area contributed by atoms with Crippen LogP contribution < -0.4 is 0 Å². The van der Waals surface area contributed by atoms with E-state index in [1.165, 1.54) is 0 Å². The molecular weight excluding hydrogens is 176 g/mol. The summed E-state index contributed by atoms with van der Waals surface area (Å²) in [5.74, 6) is 1.05. The molecule has 1 heterocycles. The lowest BCUT2D eigenvalue weighted by Gasteiger charge is -2.14. The molecule has 0 spiro atoms. The molecule has 14 heavy (non-hydrogen) atoms. The molecular formula is C11H18N2O. The molecule has 1 saturated carbocycles. The highest BCUT2D eigenvalue weighted by atomic mass is 16.2. The summed E-state index contributed by atoms with van der Waals surface area (Å²) in [4.78, 5) is 11.8. The van der Waals surface area contributed by atoms with Crippen LogP contribution in [0.5, 0.6) is 0 Å². The molecule has 1 fully saturated rings. The number of hydrazone groups is 1. The number of fused-ring (bicyclic) bond motifs is 1. The molecule has 0 aromatic rings. The van der Waals surface area contributed by atoms with Gasteiger partial charge in [-0.2, -0.15) is 5.10 Å². The van der Waals surface area contributed by atoms with Gasteiger partial charge in [0.1, 0.15) is 0 Å². The van der Waals surface area contributed by atoms with Gasteiger partial charge in [-0.15, -0.1) is 0 Å². The summed E-state index contributed by atoms with van der Waals surface area (Å²) < 4.78 is 0. The van der Waals surface area contributed by atoms with Crippen molar-refractivity contribution in [1.29, 1.82) is 0 Å². The minimum absolute atomic E-state index is 0.155. The predicted molar refractivity (Wildman–Crippen MR) is 55.9 cm³/mol. The minimum atomic E-state index is 0.155. The number of carbonyl (C=O) groups is 1. The Morgan fingerprint density at radius 1 is 1.57 bits per heavy atom. The zero-order valence-electron chi connectivity index (χ0n) is 8.99. The second-order valence-corrected chi connectivity index (χ2v) is 4.68. The number of hydrogen-bond donors (Lipinski definition) is 0. The summed E-state index contributed by atoms with van der Waals surface area (Å²) in [6.07, 6.45) is 4.26. The molecule has 1 atom stereocenters. The number of carbonyl (C=O) groups excluding carboxylic acids is 1. The summed E-state index contributed by atoms with van der Waals surface area (Å²) in [6.45, 7) is 5.15. The molecule has 0 radical (unpaired) electrons. The molecule has 1 amide bonds. The van der Waals surface area contributed by atoms with Crippen molar-refractivity contribution in [3.05, 3.63) is 0 Å². The van der Waals surface area contributed by atoms with E-state index in [1.807, 2.05) is 0 Å². The molecule has 2 rings (SSSR count). The van der Waals surface area contributed by atoms with Crippen molar-refractivity contribution in [2.75, 3.05) is 6.54 Å². The van der Waals surface area contributed by atoms with Gasteiger partial charge >= 0.3 is 0 Å². The third kappa shape index (κ3) is 1.68. The molecule has 0 aromatic heterocycles. The average Bonchev–Trinajstić information content (AvgIpc) is 2.66. The van der Waals surface area contributed by atoms with Gasteiger partial charge in [-0.05, 0) is 31.6 Å². The first-order valence-corrected chi connectivity index (χ1v) is 5.57. The van der Waals surface area contributed by atoms with Gasteiger partial charge in [-0.1, -0.05) is 13.8 Å². The number of hydrogen-bond acceptors (Lipinski definition) is 2. The molecule has 2 aliphatic rings. The van der Waals surface area contributed by atoms with Crippen LogP contribution in [0, 0.1) is 11.8 Å². The van der Waals surface area contributed by atoms with Crippen molar-refractivity contribution in [3.63, 3.8) is 0 Å². The summed E-state index contributed by atoms with van der Waals surface area (Å²) in [6, 6.07) is 0. The minimum Gasteiger partial charge on any atom is -0.272 e. The number of rotatable bonds is 3. The third-order valence-electron chi connectivity index (χ3n) is 3.05. The Morgan fingerprint density at radius 3 is 3.00 bits per heavy atom. The first kappa shape index (κ1) is 9.69. The highest BCUT2D eigenvalue weighted by Crippen LogP contribution is 2.30. The van der Waals surface area contributed by atoms with Crippen LogP contribution in [0.1, 0.15) is 39.5 Å². The topological polar surface area (TPSA) is 32.7 Å². The Morgan fingerprint density at radius 2 is 2.36 bits per heavy atom. The van der Waals surface area contributed by atoms with E-state index in [0.717, 1.165) is 37.9 Å². The van der Waals surface area contributed by atoms with Gasteiger partial charge in [0.2, 0.25) is 0 Å². The highest BCUT2D eigenvalue weighted by Gasteiger charge is 2.38. The molecule has 78 valence electrons. The van der Waals surface area contributed by atoms with Crippen LogP contribution in [-0.4, -0.2) is 23.2 Å². The monoisotopic (exact) mass is 194 g/mol. The van der Waals surface area contributed by atoms with E-state index < -0.39 is 0 Å². The van der Waals surface area contributed by atoms with Gasteiger partial charge < -0.3 is 0 Å². The lowest BCUT2D eigenvalue weighted by Crippen LogP contribution is -2.27. The van der Waals surface area contributed by atoms with Gasteiger partial charge in [0, 0.05) is 6.54 Å². The molecule has 0 aromatic carbocycles. The second kappa shape index (κ2) is 3.71. The Hall–Kier alpha value is -0.860. The van der Waals surface area contributed by atoms with Crippen LogP contribution in [0.25, 0.3) is 0 Å². The van der Waals surface area contributed by atoms with Crippen molar-refractivity contribution in [1.82, 2.24) is 5.01 Å². The van der Waals surface area contributed by atoms with E-state index in [4.69, 9.17) is 0 Å². The number of amides is 1. The quantitative estimate of drug-likeness (QED) is 0.676. The summed E-state index contributed by atoms with van der Waals surface area (Å²) in [7, 11) is 0. The van der Waals surface area contributed by atoms with Crippen molar-refractivity contribution < 1.29 is 4.79 Å². The Balaban J connectivity index is 1.95. The predicted octanol–water partition coefficient (Wildman–Crippen LogP) is 2.03.